The molecular formula is C26H52O3PtSi. The quantitative estimate of drug-likeness (QED) is 0.0861. The number of allylic oxidation sites excluding steroid dienone is 4. The molecule has 0 N–H and O–H groups in total. The molecule has 0 saturated carbocycles. The van der Waals surface area contributed by atoms with Gasteiger partial charge in [0.1, 0.15) is 0 Å². The van der Waals surface area contributed by atoms with E-state index in [9.17, 15) is 0 Å². The van der Waals surface area contributed by atoms with Crippen LogP contribution in [0, 0.1) is 28.4 Å². The molecule has 0 spiro atoms. The monoisotopic (exact) mass is 635 g/mol. The summed E-state index contributed by atoms with van der Waals surface area (Å²) in [7, 11) is 2.49. The van der Waals surface area contributed by atoms with Crippen LogP contribution >= 0.6 is 0 Å². The summed E-state index contributed by atoms with van der Waals surface area (Å²) in [5, 5.41) is 0. The van der Waals surface area contributed by atoms with Gasteiger partial charge in [-0.25, -0.2) is 11.6 Å². The minimum atomic E-state index is -2.66. The van der Waals surface area contributed by atoms with Crippen LogP contribution in [-0.2, 0) is 34.3 Å². The predicted molar refractivity (Wildman–Crippen MR) is 136 cm³/mol. The maximum atomic E-state index is 5.77. The second-order valence-corrected chi connectivity index (χ2v) is 10.8. The van der Waals surface area contributed by atoms with Crippen molar-refractivity contribution in [2.24, 2.45) is 0 Å². The van der Waals surface area contributed by atoms with Gasteiger partial charge in [-0.05, 0) is 6.42 Å². The largest absolute Gasteiger partial charge is 4.00 e. The minimum Gasteiger partial charge on any atom is -0.377 e. The molecular weight excluding hydrogens is 583 g/mol. The van der Waals surface area contributed by atoms with Crippen molar-refractivity contribution >= 4 is 8.80 Å². The van der Waals surface area contributed by atoms with Gasteiger partial charge in [0.15, 0.2) is 0 Å². The zero-order valence-corrected chi connectivity index (χ0v) is 24.9. The Kier molecular flexibility index (Phi) is 30.9. The molecule has 0 radical (unpaired) electrons. The maximum absolute atomic E-state index is 5.77. The van der Waals surface area contributed by atoms with Crippen LogP contribution in [0.4, 0.5) is 0 Å². The van der Waals surface area contributed by atoms with Gasteiger partial charge in [-0.15, -0.1) is 6.42 Å². The van der Waals surface area contributed by atoms with Crippen molar-refractivity contribution < 1.29 is 34.3 Å². The fourth-order valence-corrected chi connectivity index (χ4v) is 6.54. The molecule has 1 rings (SSSR count). The average Bonchev–Trinajstić information content (AvgIpc) is 3.23. The van der Waals surface area contributed by atoms with Gasteiger partial charge in [-0.3, -0.25) is 6.08 Å². The molecule has 31 heavy (non-hydrogen) atoms. The Balaban J connectivity index is -0.000000911. The molecule has 1 unspecified atom stereocenters. The van der Waals surface area contributed by atoms with Crippen LogP contribution < -0.4 is 0 Å². The molecule has 0 aromatic carbocycles. The van der Waals surface area contributed by atoms with Crippen molar-refractivity contribution in [3.8, 4) is 0 Å². The Bertz CT molecular complexity index is 415. The third-order valence-corrected chi connectivity index (χ3v) is 8.88. The molecule has 1 aliphatic rings. The summed E-state index contributed by atoms with van der Waals surface area (Å²) < 4.78 is 17.3. The van der Waals surface area contributed by atoms with Gasteiger partial charge in [0, 0.05) is 26.9 Å². The van der Waals surface area contributed by atoms with Crippen LogP contribution in [0.15, 0.2) is 17.7 Å². The van der Waals surface area contributed by atoms with Gasteiger partial charge in [0.25, 0.3) is 0 Å². The molecule has 0 aromatic rings. The van der Waals surface area contributed by atoms with Crippen LogP contribution in [0.3, 0.4) is 0 Å². The first-order valence-corrected chi connectivity index (χ1v) is 13.0. The Morgan fingerprint density at radius 2 is 1.19 bits per heavy atom. The molecule has 0 aliphatic heterocycles. The fraction of sp³-hybridized carbons (Fsp3) is 0.731. The Labute approximate surface area is 212 Å². The van der Waals surface area contributed by atoms with E-state index < -0.39 is 8.80 Å². The first kappa shape index (κ1) is 38.5. The van der Waals surface area contributed by atoms with E-state index in [2.05, 4.69) is 25.2 Å². The zero-order valence-electron chi connectivity index (χ0n) is 21.7. The van der Waals surface area contributed by atoms with E-state index in [0.717, 1.165) is 12.8 Å². The van der Waals surface area contributed by atoms with Crippen molar-refractivity contribution in [3.63, 3.8) is 0 Å². The van der Waals surface area contributed by atoms with Gasteiger partial charge < -0.3 is 35.6 Å². The van der Waals surface area contributed by atoms with E-state index in [0.29, 0.717) is 0 Å². The number of unbranched alkanes of at least 4 members (excludes halogenated alkanes) is 11. The van der Waals surface area contributed by atoms with E-state index >= 15 is 0 Å². The molecule has 3 nitrogen and oxygen atoms in total. The SMILES string of the molecule is CCCCCCCCCCCCCCC(C1=[C-]CC=C1)[Si](OC)(OC)OC.[CH3-].[CH3-].[CH3-].[Pt+4]. The van der Waals surface area contributed by atoms with Gasteiger partial charge in [-0.1, -0.05) is 84.0 Å². The van der Waals surface area contributed by atoms with E-state index in [-0.39, 0.29) is 48.9 Å². The van der Waals surface area contributed by atoms with Crippen molar-refractivity contribution in [2.75, 3.05) is 21.3 Å². The van der Waals surface area contributed by atoms with Crippen molar-refractivity contribution in [3.05, 3.63) is 46.1 Å². The summed E-state index contributed by atoms with van der Waals surface area (Å²) in [6.07, 6.45) is 26.2. The molecule has 0 heterocycles. The van der Waals surface area contributed by atoms with Crippen LogP contribution in [0.5, 0.6) is 0 Å². The first-order chi connectivity index (χ1) is 13.2. The van der Waals surface area contributed by atoms with Crippen molar-refractivity contribution in [2.45, 2.75) is 102 Å². The topological polar surface area (TPSA) is 27.7 Å². The third kappa shape index (κ3) is 14.9. The van der Waals surface area contributed by atoms with Gasteiger partial charge >= 0.3 is 29.9 Å². The predicted octanol–water partition coefficient (Wildman–Crippen LogP) is 8.36. The molecule has 0 bridgehead atoms. The standard InChI is InChI=1S/C23H43O3Si.3CH3.Pt/c1-5-6-7-8-9-10-11-12-13-14-15-16-21-23(22-19-17-18-20-22)27(24-2,25-3)26-4;;;;/h17,19,23H,5-16,18,21H2,1-4H3;3*1H3;/q4*-1;+4. The molecule has 188 valence electrons. The van der Waals surface area contributed by atoms with E-state index in [1.165, 1.54) is 82.6 Å². The molecule has 0 saturated heterocycles. The summed E-state index contributed by atoms with van der Waals surface area (Å²) in [6.45, 7) is 2.28. The Hall–Kier alpha value is 0.265. The summed E-state index contributed by atoms with van der Waals surface area (Å²) in [5.41, 5.74) is 1.43. The number of hydrogen-bond donors (Lipinski definition) is 0. The molecule has 5 heteroatoms. The summed E-state index contributed by atoms with van der Waals surface area (Å²) in [5.74, 6) is 0. The average molecular weight is 636 g/mol. The van der Waals surface area contributed by atoms with Gasteiger partial charge in [0.2, 0.25) is 0 Å². The van der Waals surface area contributed by atoms with Gasteiger partial charge in [-0.2, -0.15) is 6.08 Å². The van der Waals surface area contributed by atoms with Crippen molar-refractivity contribution in [1.82, 2.24) is 0 Å². The van der Waals surface area contributed by atoms with Crippen LogP contribution in [0.25, 0.3) is 0 Å². The summed E-state index contributed by atoms with van der Waals surface area (Å²) in [6, 6.07) is 0. The molecule has 0 fully saturated rings. The first-order valence-electron chi connectivity index (χ1n) is 11.2. The molecule has 0 amide bonds. The third-order valence-electron chi connectivity index (χ3n) is 5.72. The summed E-state index contributed by atoms with van der Waals surface area (Å²) in [4.78, 5) is 0. The second kappa shape index (κ2) is 24.9. The molecule has 1 aliphatic carbocycles. The van der Waals surface area contributed by atoms with Crippen LogP contribution in [-0.4, -0.2) is 30.1 Å². The minimum absolute atomic E-state index is 0. The smallest absolute Gasteiger partial charge is 0.377 e. The molecule has 0 aromatic heterocycles. The summed E-state index contributed by atoms with van der Waals surface area (Å²) >= 11 is 0. The fourth-order valence-electron chi connectivity index (χ4n) is 4.05. The Morgan fingerprint density at radius 1 is 0.774 bits per heavy atom. The number of hydrogen-bond acceptors (Lipinski definition) is 3. The second-order valence-electron chi connectivity index (χ2n) is 7.68. The molecule has 1 atom stereocenters. The number of rotatable bonds is 18. The van der Waals surface area contributed by atoms with Crippen LogP contribution in [0.1, 0.15) is 96.8 Å². The van der Waals surface area contributed by atoms with Gasteiger partial charge in [0.05, 0.1) is 0 Å². The van der Waals surface area contributed by atoms with Crippen molar-refractivity contribution in [1.29, 1.82) is 0 Å². The maximum Gasteiger partial charge on any atom is 4.00 e. The van der Waals surface area contributed by atoms with E-state index in [4.69, 9.17) is 13.3 Å². The van der Waals surface area contributed by atoms with E-state index in [1.807, 2.05) is 0 Å². The zero-order chi connectivity index (χ0) is 19.8. The normalized spacial score (nSPS) is 13.4. The van der Waals surface area contributed by atoms with Crippen LogP contribution in [0.2, 0.25) is 5.54 Å². The van der Waals surface area contributed by atoms with E-state index in [1.54, 1.807) is 21.3 Å². The Morgan fingerprint density at radius 3 is 1.55 bits per heavy atom.